The molecular weight excluding hydrogens is 220 g/mol. The fourth-order valence-electron chi connectivity index (χ4n) is 1.81. The van der Waals surface area contributed by atoms with Crippen molar-refractivity contribution in [1.29, 1.82) is 0 Å². The van der Waals surface area contributed by atoms with Crippen LogP contribution in [0.5, 0.6) is 0 Å². The molecule has 0 spiro atoms. The standard InChI is InChI=1S/C12H12N2O3/c1-2-3-12(15)10-7-13-11-5-4-8(14(16)17)6-9(10)11/h4-7,13H,2-3H2,1H3. The Labute approximate surface area is 97.6 Å². The molecule has 0 bridgehead atoms. The summed E-state index contributed by atoms with van der Waals surface area (Å²) in [6.45, 7) is 1.93. The summed E-state index contributed by atoms with van der Waals surface area (Å²) in [5.74, 6) is 0.0132. The summed E-state index contributed by atoms with van der Waals surface area (Å²) in [5.41, 5.74) is 1.28. The first-order chi connectivity index (χ1) is 8.13. The molecule has 0 fully saturated rings. The van der Waals surface area contributed by atoms with Crippen molar-refractivity contribution in [3.63, 3.8) is 0 Å². The van der Waals surface area contributed by atoms with Crippen molar-refractivity contribution in [2.45, 2.75) is 19.8 Å². The van der Waals surface area contributed by atoms with Crippen molar-refractivity contribution in [3.8, 4) is 0 Å². The molecule has 0 amide bonds. The Morgan fingerprint density at radius 2 is 2.24 bits per heavy atom. The number of hydrogen-bond acceptors (Lipinski definition) is 3. The molecule has 1 heterocycles. The van der Waals surface area contributed by atoms with Gasteiger partial charge in [-0.15, -0.1) is 0 Å². The van der Waals surface area contributed by atoms with Crippen LogP contribution in [0.1, 0.15) is 30.1 Å². The van der Waals surface area contributed by atoms with Gasteiger partial charge < -0.3 is 4.98 Å². The summed E-state index contributed by atoms with van der Waals surface area (Å²) in [5, 5.41) is 11.3. The number of hydrogen-bond donors (Lipinski definition) is 1. The topological polar surface area (TPSA) is 76.0 Å². The lowest BCUT2D eigenvalue weighted by atomic mass is 10.1. The number of nitro benzene ring substituents is 1. The van der Waals surface area contributed by atoms with Crippen LogP contribution in [0.2, 0.25) is 0 Å². The third-order valence-corrected chi connectivity index (χ3v) is 2.65. The van der Waals surface area contributed by atoms with Gasteiger partial charge in [0, 0.05) is 41.2 Å². The Hall–Kier alpha value is -2.17. The summed E-state index contributed by atoms with van der Waals surface area (Å²) in [7, 11) is 0. The van der Waals surface area contributed by atoms with Crippen molar-refractivity contribution in [1.82, 2.24) is 4.98 Å². The normalized spacial score (nSPS) is 10.6. The van der Waals surface area contributed by atoms with Gasteiger partial charge in [0.1, 0.15) is 0 Å². The minimum Gasteiger partial charge on any atom is -0.360 e. The molecule has 0 saturated heterocycles. The summed E-state index contributed by atoms with van der Waals surface area (Å²) < 4.78 is 0. The zero-order valence-electron chi connectivity index (χ0n) is 9.40. The number of nitrogens with one attached hydrogen (secondary N) is 1. The number of aromatic nitrogens is 1. The van der Waals surface area contributed by atoms with Gasteiger partial charge in [-0.2, -0.15) is 0 Å². The average Bonchev–Trinajstić information content (AvgIpc) is 2.71. The molecule has 0 unspecified atom stereocenters. The second-order valence-electron chi connectivity index (χ2n) is 3.86. The van der Waals surface area contributed by atoms with Crippen molar-refractivity contribution in [3.05, 3.63) is 40.1 Å². The molecule has 0 aliphatic rings. The van der Waals surface area contributed by atoms with Crippen molar-refractivity contribution < 1.29 is 9.72 Å². The number of ketones is 1. The summed E-state index contributed by atoms with van der Waals surface area (Å²) >= 11 is 0. The van der Waals surface area contributed by atoms with E-state index < -0.39 is 4.92 Å². The molecule has 5 nitrogen and oxygen atoms in total. The highest BCUT2D eigenvalue weighted by atomic mass is 16.6. The predicted molar refractivity (Wildman–Crippen MR) is 64.2 cm³/mol. The van der Waals surface area contributed by atoms with E-state index >= 15 is 0 Å². The van der Waals surface area contributed by atoms with Gasteiger partial charge in [0.05, 0.1) is 4.92 Å². The lowest BCUT2D eigenvalue weighted by Gasteiger charge is -1.97. The number of H-pyrrole nitrogens is 1. The molecule has 0 radical (unpaired) electrons. The van der Waals surface area contributed by atoms with Gasteiger partial charge in [-0.3, -0.25) is 14.9 Å². The zero-order chi connectivity index (χ0) is 12.4. The van der Waals surface area contributed by atoms with E-state index in [1.165, 1.54) is 12.1 Å². The van der Waals surface area contributed by atoms with Gasteiger partial charge in [-0.25, -0.2) is 0 Å². The number of nitro groups is 1. The first kappa shape index (κ1) is 11.3. The predicted octanol–water partition coefficient (Wildman–Crippen LogP) is 3.06. The Morgan fingerprint density at radius 1 is 1.47 bits per heavy atom. The Morgan fingerprint density at radius 3 is 2.88 bits per heavy atom. The fourth-order valence-corrected chi connectivity index (χ4v) is 1.81. The SMILES string of the molecule is CCCC(=O)c1c[nH]c2ccc([N+](=O)[O-])cc12. The maximum atomic E-state index is 11.8. The first-order valence-electron chi connectivity index (χ1n) is 5.42. The molecule has 0 saturated carbocycles. The van der Waals surface area contributed by atoms with E-state index in [0.29, 0.717) is 17.4 Å². The van der Waals surface area contributed by atoms with Crippen LogP contribution in [0.3, 0.4) is 0 Å². The Balaban J connectivity index is 2.54. The molecule has 1 aromatic heterocycles. The lowest BCUT2D eigenvalue weighted by Crippen LogP contribution is -1.96. The molecule has 0 aliphatic heterocycles. The molecule has 88 valence electrons. The van der Waals surface area contributed by atoms with E-state index in [1.54, 1.807) is 12.3 Å². The van der Waals surface area contributed by atoms with E-state index in [2.05, 4.69) is 4.98 Å². The quantitative estimate of drug-likeness (QED) is 0.500. The molecule has 5 heteroatoms. The van der Waals surface area contributed by atoms with E-state index in [1.807, 2.05) is 6.92 Å². The highest BCUT2D eigenvalue weighted by Gasteiger charge is 2.14. The average molecular weight is 232 g/mol. The number of rotatable bonds is 4. The second-order valence-corrected chi connectivity index (χ2v) is 3.86. The van der Waals surface area contributed by atoms with E-state index in [4.69, 9.17) is 0 Å². The van der Waals surface area contributed by atoms with E-state index in [-0.39, 0.29) is 11.5 Å². The van der Waals surface area contributed by atoms with Crippen molar-refractivity contribution in [2.75, 3.05) is 0 Å². The number of Topliss-reactive ketones (excluding diaryl/α,β-unsaturated/α-hetero) is 1. The minimum absolute atomic E-state index is 0.00245. The van der Waals surface area contributed by atoms with Gasteiger partial charge in [0.25, 0.3) is 5.69 Å². The van der Waals surface area contributed by atoms with Crippen LogP contribution in [0.15, 0.2) is 24.4 Å². The number of carbonyl (C=O) groups excluding carboxylic acids is 1. The number of non-ortho nitro benzene ring substituents is 1. The van der Waals surface area contributed by atoms with Crippen LogP contribution in [0.25, 0.3) is 10.9 Å². The van der Waals surface area contributed by atoms with Gasteiger partial charge >= 0.3 is 0 Å². The van der Waals surface area contributed by atoms with Gasteiger partial charge in [-0.05, 0) is 12.5 Å². The van der Waals surface area contributed by atoms with Crippen molar-refractivity contribution >= 4 is 22.4 Å². The Kier molecular flexibility index (Phi) is 2.91. The van der Waals surface area contributed by atoms with Crippen LogP contribution >= 0.6 is 0 Å². The van der Waals surface area contributed by atoms with Crippen LogP contribution in [0, 0.1) is 10.1 Å². The number of carbonyl (C=O) groups is 1. The number of nitrogens with zero attached hydrogens (tertiary/aromatic N) is 1. The fraction of sp³-hybridized carbons (Fsp3) is 0.250. The highest BCUT2D eigenvalue weighted by Crippen LogP contribution is 2.24. The Bertz CT molecular complexity index is 586. The summed E-state index contributed by atoms with van der Waals surface area (Å²) in [6.07, 6.45) is 2.84. The molecule has 2 rings (SSSR count). The second kappa shape index (κ2) is 4.37. The third kappa shape index (κ3) is 2.04. The lowest BCUT2D eigenvalue weighted by molar-refractivity contribution is -0.384. The molecule has 0 aliphatic carbocycles. The van der Waals surface area contributed by atoms with Gasteiger partial charge in [0.15, 0.2) is 5.78 Å². The number of benzene rings is 1. The van der Waals surface area contributed by atoms with Gasteiger partial charge in [-0.1, -0.05) is 6.92 Å². The molecule has 0 atom stereocenters. The maximum absolute atomic E-state index is 11.8. The van der Waals surface area contributed by atoms with Crippen LogP contribution in [-0.4, -0.2) is 15.7 Å². The van der Waals surface area contributed by atoms with Gasteiger partial charge in [0.2, 0.25) is 0 Å². The smallest absolute Gasteiger partial charge is 0.270 e. The molecule has 2 aromatic rings. The van der Waals surface area contributed by atoms with Crippen molar-refractivity contribution in [2.24, 2.45) is 0 Å². The zero-order valence-corrected chi connectivity index (χ0v) is 9.40. The molecule has 1 aromatic carbocycles. The molecule has 1 N–H and O–H groups in total. The summed E-state index contributed by atoms with van der Waals surface area (Å²) in [4.78, 5) is 25.0. The van der Waals surface area contributed by atoms with E-state index in [0.717, 1.165) is 11.9 Å². The maximum Gasteiger partial charge on any atom is 0.270 e. The number of aromatic amines is 1. The van der Waals surface area contributed by atoms with Crippen LogP contribution in [0.4, 0.5) is 5.69 Å². The summed E-state index contributed by atoms with van der Waals surface area (Å²) in [6, 6.07) is 4.48. The largest absolute Gasteiger partial charge is 0.360 e. The monoisotopic (exact) mass is 232 g/mol. The first-order valence-corrected chi connectivity index (χ1v) is 5.42. The van der Waals surface area contributed by atoms with E-state index in [9.17, 15) is 14.9 Å². The third-order valence-electron chi connectivity index (χ3n) is 2.65. The van der Waals surface area contributed by atoms with Crippen LogP contribution < -0.4 is 0 Å². The highest BCUT2D eigenvalue weighted by molar-refractivity contribution is 6.08. The number of fused-ring (bicyclic) bond motifs is 1. The molecular formula is C12H12N2O3. The van der Waals surface area contributed by atoms with Crippen LogP contribution in [-0.2, 0) is 0 Å². The molecule has 17 heavy (non-hydrogen) atoms. The minimum atomic E-state index is -0.458.